The molecular formula is C19H22N2O5. The number of hydrogen-bond acceptors (Lipinski definition) is 4. The third-order valence-electron chi connectivity index (χ3n) is 4.28. The van der Waals surface area contributed by atoms with Gasteiger partial charge in [0.15, 0.2) is 0 Å². The van der Waals surface area contributed by atoms with Crippen molar-refractivity contribution in [2.24, 2.45) is 5.73 Å². The van der Waals surface area contributed by atoms with E-state index >= 15 is 0 Å². The maximum absolute atomic E-state index is 12.1. The summed E-state index contributed by atoms with van der Waals surface area (Å²) in [4.78, 5) is 34.0. The second-order valence-electron chi connectivity index (χ2n) is 6.45. The maximum Gasteiger partial charge on any atom is 0.326 e. The molecule has 7 heteroatoms. The van der Waals surface area contributed by atoms with Crippen LogP contribution in [0.2, 0.25) is 0 Å². The van der Waals surface area contributed by atoms with Crippen molar-refractivity contribution < 1.29 is 24.6 Å². The topological polar surface area (TPSA) is 130 Å². The molecule has 1 atom stereocenters. The summed E-state index contributed by atoms with van der Waals surface area (Å²) in [6.45, 7) is 0. The van der Waals surface area contributed by atoms with E-state index in [1.165, 1.54) is 12.1 Å². The summed E-state index contributed by atoms with van der Waals surface area (Å²) in [5, 5.41) is 21.6. The van der Waals surface area contributed by atoms with E-state index in [2.05, 4.69) is 17.2 Å². The zero-order valence-corrected chi connectivity index (χ0v) is 14.3. The minimum Gasteiger partial charge on any atom is -0.480 e. The Hall–Kier alpha value is -2.85. The molecule has 7 nitrogen and oxygen atoms in total. The summed E-state index contributed by atoms with van der Waals surface area (Å²) in [6.07, 6.45) is 3.87. The van der Waals surface area contributed by atoms with Crippen LogP contribution >= 0.6 is 0 Å². The SMILES string of the molecule is NC(=O)C[C@@H](NC(=O)c1ccc(C#CC2(O)CCCCC2)cc1)C(=O)O. The van der Waals surface area contributed by atoms with Crippen molar-refractivity contribution in [3.63, 3.8) is 0 Å². The zero-order chi connectivity index (χ0) is 19.2. The van der Waals surface area contributed by atoms with Gasteiger partial charge in [-0.3, -0.25) is 9.59 Å². The van der Waals surface area contributed by atoms with Gasteiger partial charge in [0.1, 0.15) is 11.6 Å². The van der Waals surface area contributed by atoms with Gasteiger partial charge in [-0.2, -0.15) is 0 Å². The van der Waals surface area contributed by atoms with Crippen LogP contribution in [0, 0.1) is 11.8 Å². The minimum absolute atomic E-state index is 0.239. The Morgan fingerprint density at radius 1 is 1.15 bits per heavy atom. The molecule has 2 rings (SSSR count). The van der Waals surface area contributed by atoms with Gasteiger partial charge >= 0.3 is 5.97 Å². The number of carboxylic acid groups (broad SMARTS) is 1. The van der Waals surface area contributed by atoms with Gasteiger partial charge in [-0.15, -0.1) is 0 Å². The summed E-state index contributed by atoms with van der Waals surface area (Å²) in [5.41, 5.74) is 4.92. The van der Waals surface area contributed by atoms with Gasteiger partial charge in [0, 0.05) is 11.1 Å². The lowest BCUT2D eigenvalue weighted by Gasteiger charge is -2.26. The summed E-state index contributed by atoms with van der Waals surface area (Å²) in [5.74, 6) is 3.06. The van der Waals surface area contributed by atoms with Gasteiger partial charge in [-0.25, -0.2) is 4.79 Å². The maximum atomic E-state index is 12.1. The highest BCUT2D eigenvalue weighted by molar-refractivity contribution is 5.97. The normalized spacial score (nSPS) is 16.7. The quantitative estimate of drug-likeness (QED) is 0.578. The van der Waals surface area contributed by atoms with Gasteiger partial charge in [0.25, 0.3) is 5.91 Å². The number of aliphatic carboxylic acids is 1. The third kappa shape index (κ3) is 5.60. The second-order valence-corrected chi connectivity index (χ2v) is 6.45. The van der Waals surface area contributed by atoms with E-state index < -0.39 is 35.8 Å². The number of carboxylic acids is 1. The summed E-state index contributed by atoms with van der Waals surface area (Å²) >= 11 is 0. The fourth-order valence-corrected chi connectivity index (χ4v) is 2.80. The number of carbonyl (C=O) groups excluding carboxylic acids is 2. The molecule has 0 heterocycles. The van der Waals surface area contributed by atoms with Crippen molar-refractivity contribution in [3.8, 4) is 11.8 Å². The molecule has 138 valence electrons. The Bertz CT molecular complexity index is 739. The van der Waals surface area contributed by atoms with Crippen molar-refractivity contribution in [2.45, 2.75) is 50.2 Å². The van der Waals surface area contributed by atoms with E-state index in [4.69, 9.17) is 10.8 Å². The van der Waals surface area contributed by atoms with Gasteiger partial charge in [0.05, 0.1) is 6.42 Å². The molecule has 0 aliphatic heterocycles. The standard InChI is InChI=1S/C19H22N2O5/c20-16(22)12-15(18(24)25)21-17(23)14-6-4-13(5-7-14)8-11-19(26)9-2-1-3-10-19/h4-7,15,26H,1-3,9-10,12H2,(H2,20,22)(H,21,23)(H,24,25)/t15-/m1/s1. The number of rotatable bonds is 5. The minimum atomic E-state index is -1.37. The van der Waals surface area contributed by atoms with E-state index in [0.717, 1.165) is 19.3 Å². The first-order valence-corrected chi connectivity index (χ1v) is 8.47. The van der Waals surface area contributed by atoms with Crippen LogP contribution in [-0.4, -0.2) is 39.6 Å². The molecule has 1 aromatic carbocycles. The number of amides is 2. The average Bonchev–Trinajstić information content (AvgIpc) is 2.60. The Kier molecular flexibility index (Phi) is 6.36. The van der Waals surface area contributed by atoms with Crippen LogP contribution in [0.3, 0.4) is 0 Å². The van der Waals surface area contributed by atoms with Gasteiger partial charge < -0.3 is 21.3 Å². The lowest BCUT2D eigenvalue weighted by atomic mass is 9.85. The average molecular weight is 358 g/mol. The van der Waals surface area contributed by atoms with Crippen LogP contribution < -0.4 is 11.1 Å². The van der Waals surface area contributed by atoms with Crippen molar-refractivity contribution >= 4 is 17.8 Å². The molecule has 1 aliphatic carbocycles. The molecule has 0 saturated heterocycles. The number of primary amides is 1. The Labute approximate surface area is 151 Å². The zero-order valence-electron chi connectivity index (χ0n) is 14.3. The first kappa shape index (κ1) is 19.5. The van der Waals surface area contributed by atoms with Crippen LogP contribution in [-0.2, 0) is 9.59 Å². The summed E-state index contributed by atoms with van der Waals surface area (Å²) in [7, 11) is 0. The van der Waals surface area contributed by atoms with Crippen LogP contribution in [0.5, 0.6) is 0 Å². The predicted octanol–water partition coefficient (Wildman–Crippen LogP) is 0.792. The highest BCUT2D eigenvalue weighted by Crippen LogP contribution is 2.27. The largest absolute Gasteiger partial charge is 0.480 e. The van der Waals surface area contributed by atoms with Gasteiger partial charge in [-0.1, -0.05) is 18.3 Å². The smallest absolute Gasteiger partial charge is 0.326 e. The van der Waals surface area contributed by atoms with E-state index in [0.29, 0.717) is 18.4 Å². The van der Waals surface area contributed by atoms with Crippen LogP contribution in [0.15, 0.2) is 24.3 Å². The Morgan fingerprint density at radius 3 is 2.31 bits per heavy atom. The summed E-state index contributed by atoms with van der Waals surface area (Å²) < 4.78 is 0. The highest BCUT2D eigenvalue weighted by Gasteiger charge is 2.26. The fourth-order valence-electron chi connectivity index (χ4n) is 2.80. The van der Waals surface area contributed by atoms with E-state index in [9.17, 15) is 19.5 Å². The third-order valence-corrected chi connectivity index (χ3v) is 4.28. The molecule has 0 spiro atoms. The first-order chi connectivity index (χ1) is 12.3. The van der Waals surface area contributed by atoms with E-state index in [-0.39, 0.29) is 5.56 Å². The van der Waals surface area contributed by atoms with E-state index in [1.54, 1.807) is 12.1 Å². The van der Waals surface area contributed by atoms with Crippen LogP contribution in [0.1, 0.15) is 54.4 Å². The molecule has 0 aromatic heterocycles. The Morgan fingerprint density at radius 2 is 1.77 bits per heavy atom. The van der Waals surface area contributed by atoms with Crippen LogP contribution in [0.4, 0.5) is 0 Å². The molecule has 1 fully saturated rings. The molecule has 1 saturated carbocycles. The van der Waals surface area contributed by atoms with Crippen molar-refractivity contribution in [1.29, 1.82) is 0 Å². The molecule has 0 unspecified atom stereocenters. The molecule has 2 amide bonds. The first-order valence-electron chi connectivity index (χ1n) is 8.47. The highest BCUT2D eigenvalue weighted by atomic mass is 16.4. The number of nitrogens with two attached hydrogens (primary N) is 1. The lowest BCUT2D eigenvalue weighted by Crippen LogP contribution is -2.43. The molecule has 1 aromatic rings. The Balaban J connectivity index is 2.03. The molecule has 0 radical (unpaired) electrons. The number of carbonyl (C=O) groups is 3. The second kappa shape index (κ2) is 8.50. The molecule has 0 bridgehead atoms. The number of aliphatic hydroxyl groups is 1. The van der Waals surface area contributed by atoms with Crippen molar-refractivity contribution in [1.82, 2.24) is 5.32 Å². The van der Waals surface area contributed by atoms with Gasteiger partial charge in [0.2, 0.25) is 5.91 Å². The number of benzene rings is 1. The van der Waals surface area contributed by atoms with Crippen LogP contribution in [0.25, 0.3) is 0 Å². The van der Waals surface area contributed by atoms with Crippen molar-refractivity contribution in [3.05, 3.63) is 35.4 Å². The number of hydrogen-bond donors (Lipinski definition) is 4. The van der Waals surface area contributed by atoms with Crippen molar-refractivity contribution in [2.75, 3.05) is 0 Å². The molecule has 5 N–H and O–H groups in total. The van der Waals surface area contributed by atoms with E-state index in [1.807, 2.05) is 0 Å². The lowest BCUT2D eigenvalue weighted by molar-refractivity contribution is -0.140. The molecule has 1 aliphatic rings. The molecular weight excluding hydrogens is 336 g/mol. The monoisotopic (exact) mass is 358 g/mol. The predicted molar refractivity (Wildman–Crippen MR) is 94.1 cm³/mol. The fraction of sp³-hybridized carbons (Fsp3) is 0.421. The van der Waals surface area contributed by atoms with Gasteiger partial charge in [-0.05, 0) is 49.9 Å². The summed E-state index contributed by atoms with van der Waals surface area (Å²) in [6, 6.07) is 4.89. The molecule has 26 heavy (non-hydrogen) atoms. The number of nitrogens with one attached hydrogen (secondary N) is 1.